The molecule has 2 amide bonds. The van der Waals surface area contributed by atoms with Gasteiger partial charge in [0.05, 0.1) is 16.4 Å². The van der Waals surface area contributed by atoms with E-state index in [4.69, 9.17) is 4.74 Å². The van der Waals surface area contributed by atoms with Gasteiger partial charge in [-0.15, -0.1) is 11.3 Å². The van der Waals surface area contributed by atoms with E-state index in [1.807, 2.05) is 60.8 Å². The Hall–Kier alpha value is -2.86. The minimum Gasteiger partial charge on any atom is -0.487 e. The summed E-state index contributed by atoms with van der Waals surface area (Å²) < 4.78 is 5.94. The third-order valence-corrected chi connectivity index (χ3v) is 5.23. The Balaban J connectivity index is 1.54. The number of carbonyl (C=O) groups is 1. The molecule has 0 fully saturated rings. The van der Waals surface area contributed by atoms with Crippen molar-refractivity contribution in [1.82, 2.24) is 10.3 Å². The second kappa shape index (κ2) is 9.90. The van der Waals surface area contributed by atoms with Gasteiger partial charge in [-0.2, -0.15) is 0 Å². The van der Waals surface area contributed by atoms with Gasteiger partial charge in [0.15, 0.2) is 0 Å². The fraction of sp³-hybridized carbons (Fsp3) is 0.273. The molecule has 0 aliphatic rings. The lowest BCUT2D eigenvalue weighted by molar-refractivity contribution is 0.252. The molecule has 0 saturated heterocycles. The van der Waals surface area contributed by atoms with Gasteiger partial charge in [0.2, 0.25) is 0 Å². The van der Waals surface area contributed by atoms with Crippen molar-refractivity contribution >= 4 is 23.1 Å². The molecule has 0 atom stereocenters. The van der Waals surface area contributed by atoms with Crippen LogP contribution in [0.4, 0.5) is 10.5 Å². The summed E-state index contributed by atoms with van der Waals surface area (Å²) in [5, 5.41) is 8.94. The molecule has 28 heavy (non-hydrogen) atoms. The van der Waals surface area contributed by atoms with Crippen molar-refractivity contribution in [2.45, 2.75) is 33.3 Å². The minimum atomic E-state index is -0.251. The van der Waals surface area contributed by atoms with Crippen LogP contribution in [0, 0.1) is 6.92 Å². The Labute approximate surface area is 169 Å². The SMILES string of the molecule is CCc1nc(CCNC(=O)Nc2ccc(C)cc2OCc2ccccc2)cs1. The summed E-state index contributed by atoms with van der Waals surface area (Å²) in [6.07, 6.45) is 1.66. The normalized spacial score (nSPS) is 10.5. The summed E-state index contributed by atoms with van der Waals surface area (Å²) in [5.41, 5.74) is 3.82. The number of hydrogen-bond donors (Lipinski definition) is 2. The van der Waals surface area contributed by atoms with Gasteiger partial charge in [-0.3, -0.25) is 0 Å². The number of carbonyl (C=O) groups excluding carboxylic acids is 1. The van der Waals surface area contributed by atoms with Crippen molar-refractivity contribution in [3.8, 4) is 5.75 Å². The summed E-state index contributed by atoms with van der Waals surface area (Å²) >= 11 is 1.66. The first kappa shape index (κ1) is 19.9. The number of ether oxygens (including phenoxy) is 1. The second-order valence-electron chi connectivity index (χ2n) is 6.49. The molecule has 1 heterocycles. The van der Waals surface area contributed by atoms with Gasteiger partial charge in [-0.25, -0.2) is 9.78 Å². The first-order valence-electron chi connectivity index (χ1n) is 9.39. The molecule has 2 N–H and O–H groups in total. The lowest BCUT2D eigenvalue weighted by Gasteiger charge is -2.14. The van der Waals surface area contributed by atoms with Crippen LogP contribution in [-0.2, 0) is 19.4 Å². The highest BCUT2D eigenvalue weighted by molar-refractivity contribution is 7.09. The van der Waals surface area contributed by atoms with Crippen LogP contribution in [0.2, 0.25) is 0 Å². The van der Waals surface area contributed by atoms with E-state index < -0.39 is 0 Å². The van der Waals surface area contributed by atoms with E-state index in [2.05, 4.69) is 22.5 Å². The number of benzene rings is 2. The minimum absolute atomic E-state index is 0.251. The van der Waals surface area contributed by atoms with Gasteiger partial charge in [0.1, 0.15) is 12.4 Å². The summed E-state index contributed by atoms with van der Waals surface area (Å²) in [6, 6.07) is 15.5. The monoisotopic (exact) mass is 395 g/mol. The zero-order valence-electron chi connectivity index (χ0n) is 16.2. The number of hydrogen-bond acceptors (Lipinski definition) is 4. The lowest BCUT2D eigenvalue weighted by atomic mass is 10.2. The summed E-state index contributed by atoms with van der Waals surface area (Å²) in [4.78, 5) is 16.8. The fourth-order valence-corrected chi connectivity index (χ4v) is 3.46. The molecule has 146 valence electrons. The van der Waals surface area contributed by atoms with Gasteiger partial charge in [-0.1, -0.05) is 43.3 Å². The van der Waals surface area contributed by atoms with Crippen molar-refractivity contribution in [2.75, 3.05) is 11.9 Å². The average Bonchev–Trinajstić information content (AvgIpc) is 3.17. The number of thiazole rings is 1. The van der Waals surface area contributed by atoms with Crippen molar-refractivity contribution in [3.63, 3.8) is 0 Å². The molecule has 0 radical (unpaired) electrons. The molecule has 1 aromatic heterocycles. The molecule has 0 aliphatic carbocycles. The highest BCUT2D eigenvalue weighted by atomic mass is 32.1. The van der Waals surface area contributed by atoms with Crippen molar-refractivity contribution in [2.24, 2.45) is 0 Å². The van der Waals surface area contributed by atoms with E-state index in [-0.39, 0.29) is 6.03 Å². The Kier molecular flexibility index (Phi) is 7.03. The average molecular weight is 396 g/mol. The molecule has 0 aliphatic heterocycles. The number of anilines is 1. The largest absolute Gasteiger partial charge is 0.487 e. The van der Waals surface area contributed by atoms with E-state index in [0.717, 1.165) is 34.7 Å². The summed E-state index contributed by atoms with van der Waals surface area (Å²) in [7, 11) is 0. The van der Waals surface area contributed by atoms with Crippen LogP contribution in [0.5, 0.6) is 5.75 Å². The van der Waals surface area contributed by atoms with E-state index >= 15 is 0 Å². The maximum Gasteiger partial charge on any atom is 0.319 e. The van der Waals surface area contributed by atoms with E-state index in [0.29, 0.717) is 24.6 Å². The van der Waals surface area contributed by atoms with E-state index in [1.165, 1.54) is 0 Å². The van der Waals surface area contributed by atoms with Crippen LogP contribution >= 0.6 is 11.3 Å². The highest BCUT2D eigenvalue weighted by Gasteiger charge is 2.09. The molecule has 5 nitrogen and oxygen atoms in total. The first-order chi connectivity index (χ1) is 13.6. The molecular weight excluding hydrogens is 370 g/mol. The van der Waals surface area contributed by atoms with E-state index in [1.54, 1.807) is 11.3 Å². The van der Waals surface area contributed by atoms with Crippen LogP contribution in [0.25, 0.3) is 0 Å². The Morgan fingerprint density at radius 2 is 2.00 bits per heavy atom. The molecule has 0 bridgehead atoms. The van der Waals surface area contributed by atoms with Crippen LogP contribution in [0.15, 0.2) is 53.9 Å². The maximum absolute atomic E-state index is 12.3. The smallest absolute Gasteiger partial charge is 0.319 e. The zero-order chi connectivity index (χ0) is 19.8. The van der Waals surface area contributed by atoms with Crippen LogP contribution in [0.3, 0.4) is 0 Å². The van der Waals surface area contributed by atoms with Crippen LogP contribution in [-0.4, -0.2) is 17.6 Å². The Morgan fingerprint density at radius 1 is 1.18 bits per heavy atom. The highest BCUT2D eigenvalue weighted by Crippen LogP contribution is 2.26. The van der Waals surface area contributed by atoms with Crippen molar-refractivity contribution in [3.05, 3.63) is 75.7 Å². The molecule has 3 aromatic rings. The third-order valence-electron chi connectivity index (χ3n) is 4.19. The van der Waals surface area contributed by atoms with Gasteiger partial charge in [-0.05, 0) is 36.6 Å². The molecule has 0 saturated carbocycles. The number of amides is 2. The second-order valence-corrected chi connectivity index (χ2v) is 7.43. The van der Waals surface area contributed by atoms with Gasteiger partial charge < -0.3 is 15.4 Å². The maximum atomic E-state index is 12.3. The van der Waals surface area contributed by atoms with Crippen LogP contribution < -0.4 is 15.4 Å². The number of nitrogens with one attached hydrogen (secondary N) is 2. The molecule has 0 spiro atoms. The van der Waals surface area contributed by atoms with Crippen molar-refractivity contribution < 1.29 is 9.53 Å². The summed E-state index contributed by atoms with van der Waals surface area (Å²) in [6.45, 7) is 5.07. The third kappa shape index (κ3) is 5.82. The summed E-state index contributed by atoms with van der Waals surface area (Å²) in [5.74, 6) is 0.658. The molecule has 2 aromatic carbocycles. The number of nitrogens with zero attached hydrogens (tertiary/aromatic N) is 1. The lowest BCUT2D eigenvalue weighted by Crippen LogP contribution is -2.30. The fourth-order valence-electron chi connectivity index (χ4n) is 2.68. The Bertz CT molecular complexity index is 909. The molecule has 6 heteroatoms. The standard InChI is InChI=1S/C22H25N3O2S/c1-3-21-24-18(15-28-21)11-12-23-22(26)25-19-10-9-16(2)13-20(19)27-14-17-7-5-4-6-8-17/h4-10,13,15H,3,11-12,14H2,1-2H3,(H2,23,25,26). The van der Waals surface area contributed by atoms with E-state index in [9.17, 15) is 4.79 Å². The zero-order valence-corrected chi connectivity index (χ0v) is 17.0. The number of urea groups is 1. The predicted octanol–water partition coefficient (Wildman–Crippen LogP) is 4.96. The number of rotatable bonds is 8. The van der Waals surface area contributed by atoms with Crippen LogP contribution in [0.1, 0.15) is 28.8 Å². The molecule has 3 rings (SSSR count). The molecule has 0 unspecified atom stereocenters. The quantitative estimate of drug-likeness (QED) is 0.567. The first-order valence-corrected chi connectivity index (χ1v) is 10.3. The number of aromatic nitrogens is 1. The van der Waals surface area contributed by atoms with Crippen molar-refractivity contribution in [1.29, 1.82) is 0 Å². The van der Waals surface area contributed by atoms with Gasteiger partial charge in [0.25, 0.3) is 0 Å². The van der Waals surface area contributed by atoms with Gasteiger partial charge in [0, 0.05) is 18.3 Å². The predicted molar refractivity (Wildman–Crippen MR) is 114 cm³/mol. The Morgan fingerprint density at radius 3 is 2.75 bits per heavy atom. The topological polar surface area (TPSA) is 63.2 Å². The molecular formula is C22H25N3O2S. The van der Waals surface area contributed by atoms with Gasteiger partial charge >= 0.3 is 6.03 Å². The number of aryl methyl sites for hydroxylation is 2.